The molecule has 0 aliphatic heterocycles. The predicted octanol–water partition coefficient (Wildman–Crippen LogP) is 0.758. The summed E-state index contributed by atoms with van der Waals surface area (Å²) in [5, 5.41) is 0. The fourth-order valence-corrected chi connectivity index (χ4v) is 1.05. The minimum Gasteiger partial charge on any atom is -0.434 e. The summed E-state index contributed by atoms with van der Waals surface area (Å²) in [7, 11) is 1.73. The summed E-state index contributed by atoms with van der Waals surface area (Å²) < 4.78 is 11.3. The first-order valence-corrected chi connectivity index (χ1v) is 4.32. The van der Waals surface area contributed by atoms with Crippen molar-refractivity contribution in [2.24, 2.45) is 7.05 Å². The van der Waals surface area contributed by atoms with Gasteiger partial charge in [0.15, 0.2) is 6.79 Å². The molecule has 0 fully saturated rings. The van der Waals surface area contributed by atoms with Gasteiger partial charge in [-0.2, -0.15) is 0 Å². The number of aromatic nitrogens is 1. The van der Waals surface area contributed by atoms with E-state index in [1.807, 2.05) is 6.92 Å². The van der Waals surface area contributed by atoms with Gasteiger partial charge in [0.2, 0.25) is 0 Å². The van der Waals surface area contributed by atoms with Crippen LogP contribution in [-0.4, -0.2) is 23.9 Å². The number of anilines is 1. The maximum absolute atomic E-state index is 11.4. The van der Waals surface area contributed by atoms with Crippen LogP contribution in [0.25, 0.3) is 0 Å². The molecule has 0 radical (unpaired) electrons. The third kappa shape index (κ3) is 2.50. The first kappa shape index (κ1) is 10.6. The number of hydrogen-bond acceptors (Lipinski definition) is 4. The van der Waals surface area contributed by atoms with Crippen molar-refractivity contribution in [2.45, 2.75) is 6.92 Å². The van der Waals surface area contributed by atoms with Crippen LogP contribution in [0.2, 0.25) is 0 Å². The van der Waals surface area contributed by atoms with E-state index in [0.717, 1.165) is 0 Å². The van der Waals surface area contributed by atoms with Gasteiger partial charge >= 0.3 is 5.97 Å². The number of carbonyl (C=O) groups is 1. The van der Waals surface area contributed by atoms with Gasteiger partial charge in [0.1, 0.15) is 5.69 Å². The van der Waals surface area contributed by atoms with E-state index < -0.39 is 5.97 Å². The zero-order chi connectivity index (χ0) is 10.6. The number of rotatable bonds is 4. The largest absolute Gasteiger partial charge is 0.434 e. The number of ether oxygens (including phenoxy) is 2. The normalized spacial score (nSPS) is 10.1. The van der Waals surface area contributed by atoms with E-state index in [-0.39, 0.29) is 6.79 Å². The highest BCUT2D eigenvalue weighted by atomic mass is 16.7. The van der Waals surface area contributed by atoms with E-state index in [4.69, 9.17) is 15.2 Å². The second kappa shape index (κ2) is 4.66. The van der Waals surface area contributed by atoms with Crippen LogP contribution < -0.4 is 5.73 Å². The molecule has 0 saturated carbocycles. The highest BCUT2D eigenvalue weighted by Gasteiger charge is 2.11. The van der Waals surface area contributed by atoms with E-state index in [1.165, 1.54) is 0 Å². The molecule has 0 unspecified atom stereocenters. The lowest BCUT2D eigenvalue weighted by atomic mass is 10.4. The van der Waals surface area contributed by atoms with Crippen LogP contribution in [0.3, 0.4) is 0 Å². The summed E-state index contributed by atoms with van der Waals surface area (Å²) >= 11 is 0. The lowest BCUT2D eigenvalue weighted by Crippen LogP contribution is -2.11. The van der Waals surface area contributed by atoms with Crippen LogP contribution >= 0.6 is 0 Å². The molecule has 0 saturated heterocycles. The highest BCUT2D eigenvalue weighted by molar-refractivity contribution is 5.88. The molecule has 1 aromatic heterocycles. The Morgan fingerprint density at radius 1 is 1.64 bits per heavy atom. The zero-order valence-corrected chi connectivity index (χ0v) is 8.32. The highest BCUT2D eigenvalue weighted by Crippen LogP contribution is 2.09. The lowest BCUT2D eigenvalue weighted by molar-refractivity contribution is -0.0281. The Morgan fingerprint density at radius 3 is 2.86 bits per heavy atom. The standard InChI is InChI=1S/C9H14N2O3/c1-3-13-6-14-9(12)8-4-7(10)5-11(8)2/h4-5H,3,6,10H2,1-2H3. The first-order chi connectivity index (χ1) is 6.65. The molecule has 2 N–H and O–H groups in total. The molecule has 0 atom stereocenters. The number of nitrogen functional groups attached to an aromatic ring is 1. The monoisotopic (exact) mass is 198 g/mol. The van der Waals surface area contributed by atoms with Gasteiger partial charge in [-0.05, 0) is 13.0 Å². The minimum absolute atomic E-state index is 0.0274. The first-order valence-electron chi connectivity index (χ1n) is 4.32. The van der Waals surface area contributed by atoms with Crippen molar-refractivity contribution in [1.29, 1.82) is 0 Å². The van der Waals surface area contributed by atoms with Crippen molar-refractivity contribution in [3.05, 3.63) is 18.0 Å². The fraction of sp³-hybridized carbons (Fsp3) is 0.444. The van der Waals surface area contributed by atoms with Gasteiger partial charge in [0.25, 0.3) is 0 Å². The SMILES string of the molecule is CCOCOC(=O)c1cc(N)cn1C. The third-order valence-electron chi connectivity index (χ3n) is 1.71. The van der Waals surface area contributed by atoms with Crippen LogP contribution in [0.15, 0.2) is 12.3 Å². The van der Waals surface area contributed by atoms with Gasteiger partial charge in [0, 0.05) is 19.9 Å². The molecular formula is C9H14N2O3. The number of nitrogens with two attached hydrogens (primary N) is 1. The molecule has 0 amide bonds. The smallest absolute Gasteiger partial charge is 0.357 e. The molecule has 78 valence electrons. The van der Waals surface area contributed by atoms with Crippen molar-refractivity contribution in [2.75, 3.05) is 19.1 Å². The maximum Gasteiger partial charge on any atom is 0.357 e. The molecule has 1 aromatic rings. The van der Waals surface area contributed by atoms with Gasteiger partial charge in [0.05, 0.1) is 5.69 Å². The average Bonchev–Trinajstić information content (AvgIpc) is 2.45. The van der Waals surface area contributed by atoms with Gasteiger partial charge in [-0.1, -0.05) is 0 Å². The van der Waals surface area contributed by atoms with E-state index in [2.05, 4.69) is 0 Å². The second-order valence-corrected chi connectivity index (χ2v) is 2.81. The van der Waals surface area contributed by atoms with Crippen LogP contribution in [0, 0.1) is 0 Å². The number of nitrogens with zero attached hydrogens (tertiary/aromatic N) is 1. The van der Waals surface area contributed by atoms with E-state index >= 15 is 0 Å². The number of hydrogen-bond donors (Lipinski definition) is 1. The summed E-state index contributed by atoms with van der Waals surface area (Å²) in [6.07, 6.45) is 1.65. The summed E-state index contributed by atoms with van der Waals surface area (Å²) in [5.74, 6) is -0.433. The summed E-state index contributed by atoms with van der Waals surface area (Å²) in [6.45, 7) is 2.32. The molecular weight excluding hydrogens is 184 g/mol. The predicted molar refractivity (Wildman–Crippen MR) is 51.7 cm³/mol. The van der Waals surface area contributed by atoms with Gasteiger partial charge in [-0.3, -0.25) is 0 Å². The number of aryl methyl sites for hydroxylation is 1. The van der Waals surface area contributed by atoms with Crippen molar-refractivity contribution >= 4 is 11.7 Å². The second-order valence-electron chi connectivity index (χ2n) is 2.81. The van der Waals surface area contributed by atoms with Crippen LogP contribution in [0.4, 0.5) is 5.69 Å². The third-order valence-corrected chi connectivity index (χ3v) is 1.71. The molecule has 5 nitrogen and oxygen atoms in total. The Bertz CT molecular complexity index is 320. The molecule has 0 aliphatic carbocycles. The summed E-state index contributed by atoms with van der Waals surface area (Å²) in [4.78, 5) is 11.4. The van der Waals surface area contributed by atoms with Crippen molar-refractivity contribution in [3.8, 4) is 0 Å². The molecule has 0 aliphatic rings. The van der Waals surface area contributed by atoms with Crippen LogP contribution in [0.1, 0.15) is 17.4 Å². The van der Waals surface area contributed by atoms with Gasteiger partial charge in [-0.25, -0.2) is 4.79 Å². The van der Waals surface area contributed by atoms with Crippen molar-refractivity contribution < 1.29 is 14.3 Å². The Kier molecular flexibility index (Phi) is 3.53. The molecule has 0 spiro atoms. The van der Waals surface area contributed by atoms with E-state index in [9.17, 15) is 4.79 Å². The average molecular weight is 198 g/mol. The topological polar surface area (TPSA) is 66.5 Å². The minimum atomic E-state index is -0.433. The number of carbonyl (C=O) groups excluding carboxylic acids is 1. The van der Waals surface area contributed by atoms with Crippen LogP contribution in [-0.2, 0) is 16.5 Å². The van der Waals surface area contributed by atoms with Gasteiger partial charge in [-0.15, -0.1) is 0 Å². The number of esters is 1. The molecule has 14 heavy (non-hydrogen) atoms. The fourth-order valence-electron chi connectivity index (χ4n) is 1.05. The molecule has 5 heteroatoms. The van der Waals surface area contributed by atoms with Gasteiger partial charge < -0.3 is 19.8 Å². The van der Waals surface area contributed by atoms with Crippen molar-refractivity contribution in [1.82, 2.24) is 4.57 Å². The molecule has 0 bridgehead atoms. The lowest BCUT2D eigenvalue weighted by Gasteiger charge is -2.04. The Hall–Kier alpha value is -1.49. The Labute approximate surface area is 82.4 Å². The van der Waals surface area contributed by atoms with E-state index in [1.54, 1.807) is 23.9 Å². The maximum atomic E-state index is 11.4. The van der Waals surface area contributed by atoms with Crippen molar-refractivity contribution in [3.63, 3.8) is 0 Å². The summed E-state index contributed by atoms with van der Waals surface area (Å²) in [6, 6.07) is 1.56. The summed E-state index contributed by atoms with van der Waals surface area (Å²) in [5.41, 5.74) is 6.47. The Morgan fingerprint density at radius 2 is 2.36 bits per heavy atom. The molecule has 1 heterocycles. The molecule has 1 rings (SSSR count). The molecule has 0 aromatic carbocycles. The quantitative estimate of drug-likeness (QED) is 0.440. The zero-order valence-electron chi connectivity index (χ0n) is 8.32. The Balaban J connectivity index is 2.56. The van der Waals surface area contributed by atoms with Crippen LogP contribution in [0.5, 0.6) is 0 Å². The van der Waals surface area contributed by atoms with E-state index in [0.29, 0.717) is 18.0 Å².